The van der Waals surface area contributed by atoms with Crippen molar-refractivity contribution in [2.24, 2.45) is 5.10 Å². The first-order valence-electron chi connectivity index (χ1n) is 7.72. The average Bonchev–Trinajstić information content (AvgIpc) is 2.63. The number of nitrogens with one attached hydrogen (secondary N) is 1. The molecule has 1 N–H and O–H groups in total. The van der Waals surface area contributed by atoms with Crippen LogP contribution in [0, 0.1) is 0 Å². The summed E-state index contributed by atoms with van der Waals surface area (Å²) in [7, 11) is 0. The highest BCUT2D eigenvalue weighted by Gasteiger charge is 2.06. The van der Waals surface area contributed by atoms with Crippen molar-refractivity contribution in [2.45, 2.75) is 6.61 Å². The maximum atomic E-state index is 6.14. The van der Waals surface area contributed by atoms with Gasteiger partial charge in [-0.3, -0.25) is 5.43 Å². The van der Waals surface area contributed by atoms with Crippen molar-refractivity contribution in [2.75, 3.05) is 5.43 Å². The number of ether oxygens (including phenoxy) is 1. The molecule has 126 valence electrons. The molecule has 0 atom stereocenters. The molecule has 3 aromatic rings. The van der Waals surface area contributed by atoms with Crippen molar-refractivity contribution in [3.63, 3.8) is 0 Å². The highest BCUT2D eigenvalue weighted by Crippen LogP contribution is 2.25. The standard InChI is InChI=1S/C20H16Cl2N2O/c21-19-7-4-8-20(22)18(19)14-25-17-11-9-15(10-12-17)13-23-24-16-5-2-1-3-6-16/h1-13,24H,14H2/b23-13+. The predicted molar refractivity (Wildman–Crippen MR) is 105 cm³/mol. The molecule has 0 fully saturated rings. The third-order valence-corrected chi connectivity index (χ3v) is 4.21. The second-order valence-electron chi connectivity index (χ2n) is 5.29. The van der Waals surface area contributed by atoms with Gasteiger partial charge in [-0.05, 0) is 54.1 Å². The van der Waals surface area contributed by atoms with Crippen LogP contribution in [0.25, 0.3) is 0 Å². The molecule has 0 radical (unpaired) electrons. The summed E-state index contributed by atoms with van der Waals surface area (Å²) in [4.78, 5) is 0. The van der Waals surface area contributed by atoms with E-state index in [4.69, 9.17) is 27.9 Å². The number of hydrogen-bond acceptors (Lipinski definition) is 3. The molecule has 0 aliphatic heterocycles. The molecule has 3 aromatic carbocycles. The van der Waals surface area contributed by atoms with Crippen LogP contribution in [0.5, 0.6) is 5.75 Å². The van der Waals surface area contributed by atoms with Crippen LogP contribution < -0.4 is 10.2 Å². The number of halogens is 2. The van der Waals surface area contributed by atoms with Crippen LogP contribution in [0.1, 0.15) is 11.1 Å². The maximum absolute atomic E-state index is 6.14. The van der Waals surface area contributed by atoms with Crippen molar-refractivity contribution < 1.29 is 4.74 Å². The van der Waals surface area contributed by atoms with E-state index in [0.29, 0.717) is 16.7 Å². The summed E-state index contributed by atoms with van der Waals surface area (Å²) in [6, 6.07) is 22.8. The van der Waals surface area contributed by atoms with Gasteiger partial charge in [0, 0.05) is 15.6 Å². The van der Waals surface area contributed by atoms with Gasteiger partial charge in [0.1, 0.15) is 12.4 Å². The van der Waals surface area contributed by atoms with E-state index in [1.807, 2.05) is 60.7 Å². The van der Waals surface area contributed by atoms with Crippen molar-refractivity contribution in [1.82, 2.24) is 0 Å². The lowest BCUT2D eigenvalue weighted by atomic mass is 10.2. The molecule has 0 aliphatic rings. The number of hydrazone groups is 1. The van der Waals surface area contributed by atoms with Crippen LogP contribution in [-0.4, -0.2) is 6.21 Å². The lowest BCUT2D eigenvalue weighted by molar-refractivity contribution is 0.306. The highest BCUT2D eigenvalue weighted by atomic mass is 35.5. The van der Waals surface area contributed by atoms with Gasteiger partial charge in [-0.25, -0.2) is 0 Å². The normalized spacial score (nSPS) is 10.8. The quantitative estimate of drug-likeness (QED) is 0.425. The lowest BCUT2D eigenvalue weighted by Gasteiger charge is -2.09. The van der Waals surface area contributed by atoms with Crippen LogP contribution >= 0.6 is 23.2 Å². The molecule has 0 bridgehead atoms. The predicted octanol–water partition coefficient (Wildman–Crippen LogP) is 6.02. The van der Waals surface area contributed by atoms with Crippen LogP contribution in [0.4, 0.5) is 5.69 Å². The van der Waals surface area contributed by atoms with E-state index in [1.165, 1.54) is 0 Å². The Labute approximate surface area is 156 Å². The molecule has 0 unspecified atom stereocenters. The third kappa shape index (κ3) is 4.99. The molecule has 0 spiro atoms. The monoisotopic (exact) mass is 370 g/mol. The van der Waals surface area contributed by atoms with Gasteiger partial charge in [-0.2, -0.15) is 5.10 Å². The largest absolute Gasteiger partial charge is 0.489 e. The van der Waals surface area contributed by atoms with E-state index < -0.39 is 0 Å². The van der Waals surface area contributed by atoms with Crippen LogP contribution in [0.15, 0.2) is 77.9 Å². The van der Waals surface area contributed by atoms with E-state index in [0.717, 1.165) is 22.6 Å². The molecule has 25 heavy (non-hydrogen) atoms. The second kappa shape index (κ2) is 8.56. The minimum absolute atomic E-state index is 0.321. The number of para-hydroxylation sites is 1. The Morgan fingerprint density at radius 1 is 0.840 bits per heavy atom. The van der Waals surface area contributed by atoms with E-state index in [-0.39, 0.29) is 0 Å². The van der Waals surface area contributed by atoms with Crippen LogP contribution in [0.2, 0.25) is 10.0 Å². The van der Waals surface area contributed by atoms with Crippen molar-refractivity contribution >= 4 is 35.1 Å². The fourth-order valence-corrected chi connectivity index (χ4v) is 2.68. The minimum Gasteiger partial charge on any atom is -0.489 e. The van der Waals surface area contributed by atoms with E-state index in [1.54, 1.807) is 18.3 Å². The number of nitrogens with zero attached hydrogens (tertiary/aromatic N) is 1. The summed E-state index contributed by atoms with van der Waals surface area (Å²) >= 11 is 12.3. The molecular formula is C20H16Cl2N2O. The molecule has 0 amide bonds. The lowest BCUT2D eigenvalue weighted by Crippen LogP contribution is -1.97. The van der Waals surface area contributed by atoms with Gasteiger partial charge in [0.05, 0.1) is 11.9 Å². The van der Waals surface area contributed by atoms with Crippen molar-refractivity contribution in [1.29, 1.82) is 0 Å². The minimum atomic E-state index is 0.321. The van der Waals surface area contributed by atoms with Gasteiger partial charge in [0.25, 0.3) is 0 Å². The van der Waals surface area contributed by atoms with Crippen LogP contribution in [-0.2, 0) is 6.61 Å². The summed E-state index contributed by atoms with van der Waals surface area (Å²) in [6.07, 6.45) is 1.75. The molecule has 3 rings (SSSR count). The van der Waals surface area contributed by atoms with Crippen molar-refractivity contribution in [3.8, 4) is 5.75 Å². The Kier molecular flexibility index (Phi) is 5.94. The average molecular weight is 371 g/mol. The molecule has 0 saturated heterocycles. The van der Waals surface area contributed by atoms with Gasteiger partial charge in [0.2, 0.25) is 0 Å². The highest BCUT2D eigenvalue weighted by molar-refractivity contribution is 6.35. The van der Waals surface area contributed by atoms with Gasteiger partial charge in [0.15, 0.2) is 0 Å². The Balaban J connectivity index is 1.57. The summed E-state index contributed by atoms with van der Waals surface area (Å²) in [6.45, 7) is 0.321. The first-order chi connectivity index (χ1) is 12.2. The summed E-state index contributed by atoms with van der Waals surface area (Å²) in [5.74, 6) is 0.740. The SMILES string of the molecule is Clc1cccc(Cl)c1COc1ccc(/C=N/Nc2ccccc2)cc1. The zero-order chi connectivity index (χ0) is 17.5. The molecule has 0 saturated carbocycles. The first-order valence-corrected chi connectivity index (χ1v) is 8.48. The van der Waals surface area contributed by atoms with E-state index in [2.05, 4.69) is 10.5 Å². The molecule has 5 heteroatoms. The number of hydrogen-bond donors (Lipinski definition) is 1. The Hall–Kier alpha value is -2.49. The molecule has 0 heterocycles. The zero-order valence-electron chi connectivity index (χ0n) is 13.3. The van der Waals surface area contributed by atoms with Gasteiger partial charge in [-0.15, -0.1) is 0 Å². The third-order valence-electron chi connectivity index (χ3n) is 3.51. The smallest absolute Gasteiger partial charge is 0.119 e. The number of rotatable bonds is 6. The number of anilines is 1. The summed E-state index contributed by atoms with van der Waals surface area (Å²) in [5.41, 5.74) is 5.66. The molecule has 0 aliphatic carbocycles. The molecular weight excluding hydrogens is 355 g/mol. The molecule has 0 aromatic heterocycles. The fourth-order valence-electron chi connectivity index (χ4n) is 2.17. The van der Waals surface area contributed by atoms with E-state index >= 15 is 0 Å². The van der Waals surface area contributed by atoms with Crippen molar-refractivity contribution in [3.05, 3.63) is 94.0 Å². The summed E-state index contributed by atoms with van der Waals surface area (Å²) in [5, 5.41) is 5.41. The number of benzene rings is 3. The fraction of sp³-hybridized carbons (Fsp3) is 0.0500. The zero-order valence-corrected chi connectivity index (χ0v) is 14.8. The topological polar surface area (TPSA) is 33.6 Å². The van der Waals surface area contributed by atoms with Gasteiger partial charge >= 0.3 is 0 Å². The van der Waals surface area contributed by atoms with Gasteiger partial charge in [-0.1, -0.05) is 47.5 Å². The Morgan fingerprint density at radius 2 is 1.52 bits per heavy atom. The van der Waals surface area contributed by atoms with E-state index in [9.17, 15) is 0 Å². The molecule has 3 nitrogen and oxygen atoms in total. The first kappa shape index (κ1) is 17.3. The van der Waals surface area contributed by atoms with Crippen LogP contribution in [0.3, 0.4) is 0 Å². The Bertz CT molecular complexity index is 829. The maximum Gasteiger partial charge on any atom is 0.119 e. The Morgan fingerprint density at radius 3 is 2.20 bits per heavy atom. The summed E-state index contributed by atoms with van der Waals surface area (Å²) < 4.78 is 5.75. The van der Waals surface area contributed by atoms with Gasteiger partial charge < -0.3 is 4.74 Å². The second-order valence-corrected chi connectivity index (χ2v) is 6.11.